The van der Waals surface area contributed by atoms with Gasteiger partial charge in [0, 0.05) is 11.5 Å². The third kappa shape index (κ3) is 5.84. The van der Waals surface area contributed by atoms with Crippen LogP contribution in [0.25, 0.3) is 0 Å². The third-order valence-electron chi connectivity index (χ3n) is 2.83. The van der Waals surface area contributed by atoms with Crippen LogP contribution in [0.4, 0.5) is 0 Å². The summed E-state index contributed by atoms with van der Waals surface area (Å²) in [5, 5.41) is 8.64. The summed E-state index contributed by atoms with van der Waals surface area (Å²) in [5.41, 5.74) is 6.82. The maximum absolute atomic E-state index is 10.5. The highest BCUT2D eigenvalue weighted by Gasteiger charge is 2.13. The number of nitrogens with two attached hydrogens (primary N) is 1. The van der Waals surface area contributed by atoms with E-state index in [9.17, 15) is 4.79 Å². The van der Waals surface area contributed by atoms with Crippen LogP contribution >= 0.6 is 11.8 Å². The van der Waals surface area contributed by atoms with Crippen LogP contribution in [0.1, 0.15) is 26.3 Å². The van der Waals surface area contributed by atoms with Gasteiger partial charge in [-0.25, -0.2) is 0 Å². The van der Waals surface area contributed by atoms with E-state index < -0.39 is 12.0 Å². The number of hydrogen-bond acceptors (Lipinski definition) is 4. The number of carboxylic acid groups (broad SMARTS) is 1. The van der Waals surface area contributed by atoms with Crippen molar-refractivity contribution in [2.24, 2.45) is 5.73 Å². The van der Waals surface area contributed by atoms with E-state index in [0.29, 0.717) is 12.4 Å². The second kappa shape index (κ2) is 7.55. The molecule has 0 saturated carbocycles. The summed E-state index contributed by atoms with van der Waals surface area (Å²) in [6.45, 7) is 7.06. The summed E-state index contributed by atoms with van der Waals surface area (Å²) in [7, 11) is 0. The smallest absolute Gasteiger partial charge is 0.321 e. The Morgan fingerprint density at radius 3 is 2.45 bits per heavy atom. The molecule has 5 heteroatoms. The largest absolute Gasteiger partial charge is 0.493 e. The van der Waals surface area contributed by atoms with Gasteiger partial charge in [-0.15, -0.1) is 0 Å². The van der Waals surface area contributed by atoms with Gasteiger partial charge in [0.05, 0.1) is 6.61 Å². The van der Waals surface area contributed by atoms with E-state index in [4.69, 9.17) is 15.6 Å². The second-order valence-electron chi connectivity index (χ2n) is 5.64. The number of benzene rings is 1. The van der Waals surface area contributed by atoms with Crippen molar-refractivity contribution in [1.82, 2.24) is 0 Å². The van der Waals surface area contributed by atoms with Gasteiger partial charge in [-0.05, 0) is 23.1 Å². The average Bonchev–Trinajstić information content (AvgIpc) is 2.37. The maximum atomic E-state index is 10.5. The van der Waals surface area contributed by atoms with Crippen LogP contribution < -0.4 is 10.5 Å². The van der Waals surface area contributed by atoms with Crippen molar-refractivity contribution < 1.29 is 14.6 Å². The van der Waals surface area contributed by atoms with Crippen LogP contribution in [0, 0.1) is 0 Å². The molecule has 0 amide bonds. The van der Waals surface area contributed by atoms with Gasteiger partial charge in [0.1, 0.15) is 11.8 Å². The molecular weight excluding hydrogens is 274 g/mol. The van der Waals surface area contributed by atoms with Crippen LogP contribution in [0.5, 0.6) is 5.75 Å². The number of carboxylic acids is 1. The van der Waals surface area contributed by atoms with E-state index >= 15 is 0 Å². The standard InChI is InChI=1S/C15H23NO3S/c1-15(2,3)11-4-6-12(7-5-11)19-8-9-20-10-13(16)14(17)18/h4-7,13H,8-10,16H2,1-3H3,(H,17,18)/t13-/m0/s1. The molecule has 0 radical (unpaired) electrons. The zero-order chi connectivity index (χ0) is 15.2. The second-order valence-corrected chi connectivity index (χ2v) is 6.79. The number of hydrogen-bond donors (Lipinski definition) is 2. The van der Waals surface area contributed by atoms with Crippen molar-refractivity contribution in [3.05, 3.63) is 29.8 Å². The lowest BCUT2D eigenvalue weighted by atomic mass is 9.87. The number of rotatable bonds is 7. The first-order chi connectivity index (χ1) is 9.30. The highest BCUT2D eigenvalue weighted by Crippen LogP contribution is 2.24. The lowest BCUT2D eigenvalue weighted by molar-refractivity contribution is -0.137. The summed E-state index contributed by atoms with van der Waals surface area (Å²) in [5.74, 6) is 1.00. The lowest BCUT2D eigenvalue weighted by Gasteiger charge is -2.19. The molecule has 3 N–H and O–H groups in total. The summed E-state index contributed by atoms with van der Waals surface area (Å²) in [6, 6.07) is 7.28. The van der Waals surface area contributed by atoms with E-state index in [1.807, 2.05) is 12.1 Å². The molecule has 0 heterocycles. The van der Waals surface area contributed by atoms with Crippen molar-refractivity contribution in [3.8, 4) is 5.75 Å². The van der Waals surface area contributed by atoms with E-state index in [0.717, 1.165) is 11.5 Å². The van der Waals surface area contributed by atoms with Crippen LogP contribution in [-0.4, -0.2) is 35.2 Å². The topological polar surface area (TPSA) is 72.5 Å². The predicted molar refractivity (Wildman–Crippen MR) is 83.6 cm³/mol. The Labute approximate surface area is 124 Å². The van der Waals surface area contributed by atoms with E-state index in [-0.39, 0.29) is 5.41 Å². The summed E-state index contributed by atoms with van der Waals surface area (Å²) < 4.78 is 5.61. The fourth-order valence-electron chi connectivity index (χ4n) is 1.55. The van der Waals surface area contributed by atoms with Crippen molar-refractivity contribution in [1.29, 1.82) is 0 Å². The lowest BCUT2D eigenvalue weighted by Crippen LogP contribution is -2.32. The first-order valence-electron chi connectivity index (χ1n) is 6.60. The summed E-state index contributed by atoms with van der Waals surface area (Å²) in [4.78, 5) is 10.5. The Balaban J connectivity index is 2.28. The zero-order valence-electron chi connectivity index (χ0n) is 12.3. The fourth-order valence-corrected chi connectivity index (χ4v) is 2.32. The normalized spacial score (nSPS) is 13.0. The number of carbonyl (C=O) groups is 1. The van der Waals surface area contributed by atoms with Gasteiger partial charge >= 0.3 is 5.97 Å². The zero-order valence-corrected chi connectivity index (χ0v) is 13.1. The Kier molecular flexibility index (Phi) is 6.36. The molecule has 1 aromatic rings. The van der Waals surface area contributed by atoms with Crippen LogP contribution in [0.3, 0.4) is 0 Å². The van der Waals surface area contributed by atoms with Crippen LogP contribution in [0.2, 0.25) is 0 Å². The molecule has 0 spiro atoms. The molecular formula is C15H23NO3S. The monoisotopic (exact) mass is 297 g/mol. The highest BCUT2D eigenvalue weighted by atomic mass is 32.2. The average molecular weight is 297 g/mol. The third-order valence-corrected chi connectivity index (χ3v) is 3.88. The van der Waals surface area contributed by atoms with Crippen molar-refractivity contribution in [3.63, 3.8) is 0 Å². The van der Waals surface area contributed by atoms with Crippen molar-refractivity contribution in [2.45, 2.75) is 32.2 Å². The molecule has 0 aromatic heterocycles. The predicted octanol–water partition coefficient (Wildman–Crippen LogP) is 2.51. The summed E-state index contributed by atoms with van der Waals surface area (Å²) in [6.07, 6.45) is 0. The number of thioether (sulfide) groups is 1. The van der Waals surface area contributed by atoms with Gasteiger partial charge in [0.2, 0.25) is 0 Å². The van der Waals surface area contributed by atoms with Gasteiger partial charge < -0.3 is 15.6 Å². The first kappa shape index (κ1) is 16.9. The minimum absolute atomic E-state index is 0.140. The number of ether oxygens (including phenoxy) is 1. The van der Waals surface area contributed by atoms with Crippen molar-refractivity contribution >= 4 is 17.7 Å². The quantitative estimate of drug-likeness (QED) is 0.757. The van der Waals surface area contributed by atoms with Crippen LogP contribution in [0.15, 0.2) is 24.3 Å². The van der Waals surface area contributed by atoms with E-state index in [2.05, 4.69) is 32.9 Å². The minimum atomic E-state index is -0.962. The number of aliphatic carboxylic acids is 1. The highest BCUT2D eigenvalue weighted by molar-refractivity contribution is 7.99. The molecule has 1 aromatic carbocycles. The van der Waals surface area contributed by atoms with Crippen LogP contribution in [-0.2, 0) is 10.2 Å². The Morgan fingerprint density at radius 2 is 1.95 bits per heavy atom. The molecule has 4 nitrogen and oxygen atoms in total. The molecule has 112 valence electrons. The van der Waals surface area contributed by atoms with E-state index in [1.165, 1.54) is 17.3 Å². The minimum Gasteiger partial charge on any atom is -0.493 e. The molecule has 0 aliphatic carbocycles. The Hall–Kier alpha value is -1.20. The molecule has 0 bridgehead atoms. The molecule has 0 aliphatic rings. The SMILES string of the molecule is CC(C)(C)c1ccc(OCCSC[C@H](N)C(=O)O)cc1. The molecule has 20 heavy (non-hydrogen) atoms. The first-order valence-corrected chi connectivity index (χ1v) is 7.75. The van der Waals surface area contributed by atoms with Gasteiger partial charge in [-0.2, -0.15) is 11.8 Å². The maximum Gasteiger partial charge on any atom is 0.321 e. The molecule has 1 atom stereocenters. The molecule has 0 saturated heterocycles. The van der Waals surface area contributed by atoms with Gasteiger partial charge in [0.15, 0.2) is 0 Å². The Bertz CT molecular complexity index is 426. The van der Waals surface area contributed by atoms with Gasteiger partial charge in [-0.1, -0.05) is 32.9 Å². The molecule has 0 unspecified atom stereocenters. The van der Waals surface area contributed by atoms with E-state index in [1.54, 1.807) is 0 Å². The Morgan fingerprint density at radius 1 is 1.35 bits per heavy atom. The molecule has 0 aliphatic heterocycles. The van der Waals surface area contributed by atoms with Gasteiger partial charge in [0.25, 0.3) is 0 Å². The van der Waals surface area contributed by atoms with Gasteiger partial charge in [-0.3, -0.25) is 4.79 Å². The molecule has 1 rings (SSSR count). The van der Waals surface area contributed by atoms with Crippen molar-refractivity contribution in [2.75, 3.05) is 18.1 Å². The fraction of sp³-hybridized carbons (Fsp3) is 0.533. The summed E-state index contributed by atoms with van der Waals surface area (Å²) >= 11 is 1.49. The molecule has 0 fully saturated rings.